The van der Waals surface area contributed by atoms with Crippen molar-refractivity contribution in [2.75, 3.05) is 0 Å². The second-order valence-electron chi connectivity index (χ2n) is 9.16. The topological polar surface area (TPSA) is 245 Å². The lowest BCUT2D eigenvalue weighted by Gasteiger charge is -2.25. The monoisotopic (exact) mass is 538 g/mol. The molecule has 210 valence electrons. The van der Waals surface area contributed by atoms with Gasteiger partial charge in [-0.05, 0) is 36.5 Å². The largest absolute Gasteiger partial charge is 0.508 e. The first-order valence-corrected chi connectivity index (χ1v) is 11.8. The minimum atomic E-state index is -1.80. The van der Waals surface area contributed by atoms with Crippen molar-refractivity contribution in [3.8, 4) is 5.75 Å². The Morgan fingerprint density at radius 1 is 0.789 bits per heavy atom. The molecule has 3 amide bonds. The standard InChI is InChI=1S/C24H34N4O10/c1-12(2)9-15(25)21(34)26-16(7-8-19(30)31)22(35)27-17(10-13-3-5-14(29)6-4-13)23(36)28-18(24(37)38)11-20(32)33/h3-6,12,15-18,29H,7-11,25H2,1-2H3,(H,26,34)(H,27,35)(H,28,36)(H,30,31)(H,32,33)(H,37,38). The van der Waals surface area contributed by atoms with Crippen molar-refractivity contribution < 1.29 is 49.2 Å². The van der Waals surface area contributed by atoms with E-state index in [1.807, 2.05) is 13.8 Å². The van der Waals surface area contributed by atoms with Crippen LogP contribution in [0.5, 0.6) is 5.75 Å². The predicted molar refractivity (Wildman–Crippen MR) is 132 cm³/mol. The van der Waals surface area contributed by atoms with E-state index in [2.05, 4.69) is 16.0 Å². The van der Waals surface area contributed by atoms with Crippen molar-refractivity contribution in [2.24, 2.45) is 11.7 Å². The molecule has 0 aromatic heterocycles. The van der Waals surface area contributed by atoms with E-state index in [1.54, 1.807) is 0 Å². The van der Waals surface area contributed by atoms with Crippen molar-refractivity contribution in [1.82, 2.24) is 16.0 Å². The third-order valence-corrected chi connectivity index (χ3v) is 5.34. The summed E-state index contributed by atoms with van der Waals surface area (Å²) < 4.78 is 0. The maximum Gasteiger partial charge on any atom is 0.326 e. The summed E-state index contributed by atoms with van der Waals surface area (Å²) in [6, 6.07) is -0.0673. The van der Waals surface area contributed by atoms with Gasteiger partial charge in [-0.2, -0.15) is 0 Å². The molecule has 1 rings (SSSR count). The second-order valence-corrected chi connectivity index (χ2v) is 9.16. The van der Waals surface area contributed by atoms with Crippen LogP contribution in [0.2, 0.25) is 0 Å². The van der Waals surface area contributed by atoms with Crippen LogP contribution < -0.4 is 21.7 Å². The highest BCUT2D eigenvalue weighted by Gasteiger charge is 2.31. The first-order valence-electron chi connectivity index (χ1n) is 11.8. The van der Waals surface area contributed by atoms with Gasteiger partial charge in [0.2, 0.25) is 17.7 Å². The molecule has 0 heterocycles. The SMILES string of the molecule is CC(C)CC(N)C(=O)NC(CCC(=O)O)C(=O)NC(Cc1ccc(O)cc1)C(=O)NC(CC(=O)O)C(=O)O. The van der Waals surface area contributed by atoms with Gasteiger partial charge >= 0.3 is 17.9 Å². The summed E-state index contributed by atoms with van der Waals surface area (Å²) in [4.78, 5) is 72.1. The molecule has 1 aromatic rings. The molecule has 1 aromatic carbocycles. The van der Waals surface area contributed by atoms with Crippen LogP contribution >= 0.6 is 0 Å². The molecule has 0 radical (unpaired) electrons. The highest BCUT2D eigenvalue weighted by atomic mass is 16.4. The smallest absolute Gasteiger partial charge is 0.326 e. The minimum Gasteiger partial charge on any atom is -0.508 e. The van der Waals surface area contributed by atoms with Crippen molar-refractivity contribution in [3.63, 3.8) is 0 Å². The molecule has 0 spiro atoms. The number of amides is 3. The number of carbonyl (C=O) groups excluding carboxylic acids is 3. The molecule has 0 aliphatic heterocycles. The van der Waals surface area contributed by atoms with Crippen LogP contribution in [0, 0.1) is 5.92 Å². The second kappa shape index (κ2) is 15.1. The van der Waals surface area contributed by atoms with E-state index in [-0.39, 0.29) is 24.5 Å². The molecule has 0 saturated carbocycles. The number of benzene rings is 1. The predicted octanol–water partition coefficient (Wildman–Crippen LogP) is -0.813. The summed E-state index contributed by atoms with van der Waals surface area (Å²) in [5.74, 6) is -6.99. The number of carboxylic acid groups (broad SMARTS) is 3. The normalized spacial score (nSPS) is 14.0. The van der Waals surface area contributed by atoms with Gasteiger partial charge in [-0.25, -0.2) is 4.79 Å². The number of carbonyl (C=O) groups is 6. The third kappa shape index (κ3) is 11.7. The van der Waals surface area contributed by atoms with Crippen molar-refractivity contribution in [1.29, 1.82) is 0 Å². The number of hydrogen-bond acceptors (Lipinski definition) is 8. The lowest BCUT2D eigenvalue weighted by molar-refractivity contribution is -0.147. The zero-order valence-corrected chi connectivity index (χ0v) is 21.0. The molecule has 9 N–H and O–H groups in total. The number of aromatic hydroxyl groups is 1. The van der Waals surface area contributed by atoms with E-state index in [4.69, 9.17) is 15.9 Å². The maximum absolute atomic E-state index is 13.1. The van der Waals surface area contributed by atoms with Crippen molar-refractivity contribution in [2.45, 2.75) is 70.1 Å². The van der Waals surface area contributed by atoms with E-state index in [0.717, 1.165) is 0 Å². The average molecular weight is 539 g/mol. The van der Waals surface area contributed by atoms with E-state index in [0.29, 0.717) is 12.0 Å². The molecule has 0 aliphatic carbocycles. The Balaban J connectivity index is 3.19. The Morgan fingerprint density at radius 2 is 1.32 bits per heavy atom. The van der Waals surface area contributed by atoms with Gasteiger partial charge in [0.05, 0.1) is 12.5 Å². The Morgan fingerprint density at radius 3 is 1.82 bits per heavy atom. The molecule has 38 heavy (non-hydrogen) atoms. The lowest BCUT2D eigenvalue weighted by Crippen LogP contribution is -2.57. The van der Waals surface area contributed by atoms with Crippen LogP contribution in [0.25, 0.3) is 0 Å². The van der Waals surface area contributed by atoms with E-state index in [9.17, 15) is 39.0 Å². The number of phenolic OH excluding ortho intramolecular Hbond substituents is 1. The Hall–Kier alpha value is -4.20. The molecular weight excluding hydrogens is 504 g/mol. The highest BCUT2D eigenvalue weighted by Crippen LogP contribution is 2.12. The van der Waals surface area contributed by atoms with Gasteiger partial charge in [0.1, 0.15) is 23.9 Å². The summed E-state index contributed by atoms with van der Waals surface area (Å²) in [5.41, 5.74) is 6.30. The van der Waals surface area contributed by atoms with Crippen LogP contribution in [-0.2, 0) is 35.2 Å². The minimum absolute atomic E-state index is 0.0633. The van der Waals surface area contributed by atoms with Crippen LogP contribution in [0.1, 0.15) is 45.1 Å². The molecule has 14 heteroatoms. The average Bonchev–Trinajstić information content (AvgIpc) is 2.80. The van der Waals surface area contributed by atoms with Crippen LogP contribution in [-0.4, -0.2) is 80.2 Å². The zero-order valence-electron chi connectivity index (χ0n) is 21.0. The molecule has 14 nitrogen and oxygen atoms in total. The molecule has 0 saturated heterocycles. The van der Waals surface area contributed by atoms with E-state index in [1.165, 1.54) is 24.3 Å². The molecule has 4 atom stereocenters. The Bertz CT molecular complexity index is 1010. The fourth-order valence-electron chi connectivity index (χ4n) is 3.43. The van der Waals surface area contributed by atoms with Crippen LogP contribution in [0.3, 0.4) is 0 Å². The molecule has 0 fully saturated rings. The molecule has 4 unspecified atom stereocenters. The maximum atomic E-state index is 13.1. The first kappa shape index (κ1) is 31.8. The fourth-order valence-corrected chi connectivity index (χ4v) is 3.43. The summed E-state index contributed by atoms with van der Waals surface area (Å²) in [7, 11) is 0. The van der Waals surface area contributed by atoms with Gasteiger partial charge in [-0.3, -0.25) is 24.0 Å². The third-order valence-electron chi connectivity index (χ3n) is 5.34. The Labute approximate surface area is 218 Å². The summed E-state index contributed by atoms with van der Waals surface area (Å²) in [5, 5.41) is 43.6. The number of nitrogens with two attached hydrogens (primary N) is 1. The van der Waals surface area contributed by atoms with Gasteiger partial charge in [-0.15, -0.1) is 0 Å². The number of phenols is 1. The van der Waals surface area contributed by atoms with Crippen molar-refractivity contribution >= 4 is 35.6 Å². The van der Waals surface area contributed by atoms with E-state index < -0.39 is 72.6 Å². The van der Waals surface area contributed by atoms with Crippen LogP contribution in [0.15, 0.2) is 24.3 Å². The Kier molecular flexibility index (Phi) is 12.7. The highest BCUT2D eigenvalue weighted by molar-refractivity contribution is 5.95. The number of hydrogen-bond donors (Lipinski definition) is 8. The number of aliphatic carboxylic acids is 3. The quantitative estimate of drug-likeness (QED) is 0.129. The summed E-state index contributed by atoms with van der Waals surface area (Å²) in [6.07, 6.45) is -1.65. The van der Waals surface area contributed by atoms with Gasteiger partial charge in [0.25, 0.3) is 0 Å². The van der Waals surface area contributed by atoms with Crippen LogP contribution in [0.4, 0.5) is 0 Å². The summed E-state index contributed by atoms with van der Waals surface area (Å²) >= 11 is 0. The van der Waals surface area contributed by atoms with Gasteiger partial charge in [0.15, 0.2) is 0 Å². The van der Waals surface area contributed by atoms with E-state index >= 15 is 0 Å². The number of carboxylic acids is 3. The number of nitrogens with one attached hydrogen (secondary N) is 3. The molecular formula is C24H34N4O10. The zero-order chi connectivity index (χ0) is 29.0. The van der Waals surface area contributed by atoms with Gasteiger partial charge < -0.3 is 42.1 Å². The molecule has 0 aliphatic rings. The molecule has 0 bridgehead atoms. The van der Waals surface area contributed by atoms with Gasteiger partial charge in [-0.1, -0.05) is 26.0 Å². The van der Waals surface area contributed by atoms with Gasteiger partial charge in [0, 0.05) is 12.8 Å². The summed E-state index contributed by atoms with van der Waals surface area (Å²) in [6.45, 7) is 3.67. The first-order chi connectivity index (χ1) is 17.7. The van der Waals surface area contributed by atoms with Crippen molar-refractivity contribution in [3.05, 3.63) is 29.8 Å². The number of rotatable bonds is 16. The fraction of sp³-hybridized carbons (Fsp3) is 0.500. The lowest BCUT2D eigenvalue weighted by atomic mass is 10.0.